The summed E-state index contributed by atoms with van der Waals surface area (Å²) >= 11 is 0. The van der Waals surface area contributed by atoms with Crippen LogP contribution >= 0.6 is 0 Å². The number of carbonyl (C=O) groups is 3. The summed E-state index contributed by atoms with van der Waals surface area (Å²) in [6.07, 6.45) is 0.844. The van der Waals surface area contributed by atoms with Crippen molar-refractivity contribution in [2.45, 2.75) is 57.5 Å². The zero-order chi connectivity index (χ0) is 23.1. The van der Waals surface area contributed by atoms with Crippen LogP contribution in [0.3, 0.4) is 0 Å². The first-order valence-electron chi connectivity index (χ1n) is 11.1. The van der Waals surface area contributed by atoms with Crippen molar-refractivity contribution in [1.29, 1.82) is 0 Å². The Labute approximate surface area is 188 Å². The number of ether oxygens (including phenoxy) is 1. The molecule has 0 heterocycles. The molecule has 3 N–H and O–H groups in total. The van der Waals surface area contributed by atoms with Gasteiger partial charge in [0.15, 0.2) is 0 Å². The first-order valence-corrected chi connectivity index (χ1v) is 11.1. The molecule has 1 unspecified atom stereocenters. The molecule has 7 heteroatoms. The van der Waals surface area contributed by atoms with E-state index in [9.17, 15) is 14.4 Å². The van der Waals surface area contributed by atoms with E-state index < -0.39 is 30.1 Å². The van der Waals surface area contributed by atoms with E-state index in [2.05, 4.69) is 22.8 Å². The summed E-state index contributed by atoms with van der Waals surface area (Å²) in [5.41, 5.74) is 4.51. The van der Waals surface area contributed by atoms with Gasteiger partial charge >= 0.3 is 12.1 Å². The average molecular weight is 439 g/mol. The third-order valence-corrected chi connectivity index (χ3v) is 5.77. The van der Waals surface area contributed by atoms with Crippen LogP contribution in [0.5, 0.6) is 0 Å². The van der Waals surface area contributed by atoms with Crippen LogP contribution in [-0.4, -0.2) is 41.8 Å². The normalized spacial score (nSPS) is 14.1. The van der Waals surface area contributed by atoms with Crippen LogP contribution in [0.25, 0.3) is 11.1 Å². The Bertz CT molecular complexity index is 929. The first kappa shape index (κ1) is 23.3. The van der Waals surface area contributed by atoms with Gasteiger partial charge in [0.2, 0.25) is 5.91 Å². The van der Waals surface area contributed by atoms with E-state index in [1.807, 2.05) is 43.3 Å². The largest absolute Gasteiger partial charge is 0.481 e. The molecule has 7 nitrogen and oxygen atoms in total. The molecule has 0 spiro atoms. The van der Waals surface area contributed by atoms with E-state index >= 15 is 0 Å². The molecular weight excluding hydrogens is 408 g/mol. The fraction of sp³-hybridized carbons (Fsp3) is 0.400. The number of hydrogen-bond acceptors (Lipinski definition) is 4. The summed E-state index contributed by atoms with van der Waals surface area (Å²) in [7, 11) is 0. The van der Waals surface area contributed by atoms with Crippen LogP contribution in [0.1, 0.15) is 56.6 Å². The molecule has 32 heavy (non-hydrogen) atoms. The lowest BCUT2D eigenvalue weighted by Crippen LogP contribution is -2.50. The lowest BCUT2D eigenvalue weighted by atomic mass is 9.98. The molecule has 3 rings (SSSR count). The monoisotopic (exact) mass is 438 g/mol. The molecule has 0 aliphatic heterocycles. The Morgan fingerprint density at radius 1 is 0.969 bits per heavy atom. The lowest BCUT2D eigenvalue weighted by Gasteiger charge is -2.22. The number of nitrogens with one attached hydrogen (secondary N) is 2. The summed E-state index contributed by atoms with van der Waals surface area (Å²) in [6, 6.07) is 14.9. The molecule has 2 aromatic carbocycles. The van der Waals surface area contributed by atoms with Crippen LogP contribution in [0.15, 0.2) is 48.5 Å². The van der Waals surface area contributed by atoms with Crippen LogP contribution in [-0.2, 0) is 14.3 Å². The van der Waals surface area contributed by atoms with Crippen molar-refractivity contribution < 1.29 is 24.2 Å². The van der Waals surface area contributed by atoms with Gasteiger partial charge in [-0.05, 0) is 35.1 Å². The number of benzene rings is 2. The van der Waals surface area contributed by atoms with Gasteiger partial charge in [0.1, 0.15) is 12.6 Å². The summed E-state index contributed by atoms with van der Waals surface area (Å²) in [5, 5.41) is 14.4. The third-order valence-electron chi connectivity index (χ3n) is 5.77. The van der Waals surface area contributed by atoms with Crippen LogP contribution < -0.4 is 10.6 Å². The van der Waals surface area contributed by atoms with Gasteiger partial charge in [0.25, 0.3) is 0 Å². The Kier molecular flexibility index (Phi) is 7.87. The minimum Gasteiger partial charge on any atom is -0.481 e. The number of hydrogen-bond donors (Lipinski definition) is 3. The van der Waals surface area contributed by atoms with E-state index in [0.717, 1.165) is 28.7 Å². The number of fused-ring (bicyclic) bond motifs is 3. The highest BCUT2D eigenvalue weighted by Gasteiger charge is 2.30. The summed E-state index contributed by atoms with van der Waals surface area (Å²) in [4.78, 5) is 36.1. The molecular formula is C25H30N2O5. The molecule has 1 aliphatic carbocycles. The molecule has 0 radical (unpaired) electrons. The third kappa shape index (κ3) is 5.46. The second-order valence-corrected chi connectivity index (χ2v) is 8.02. The number of carbonyl (C=O) groups excluding carboxylic acids is 2. The van der Waals surface area contributed by atoms with Crippen LogP contribution in [0.4, 0.5) is 4.79 Å². The van der Waals surface area contributed by atoms with E-state index in [4.69, 9.17) is 9.84 Å². The van der Waals surface area contributed by atoms with Crippen LogP contribution in [0.2, 0.25) is 0 Å². The van der Waals surface area contributed by atoms with Crippen molar-refractivity contribution in [3.8, 4) is 11.1 Å². The SMILES string of the molecule is CCC[C@H](CC(=O)O)NC(=O)C(CC)NC(=O)OCC1c2ccccc2-c2ccccc21. The predicted octanol–water partition coefficient (Wildman–Crippen LogP) is 4.06. The van der Waals surface area contributed by atoms with Crippen molar-refractivity contribution >= 4 is 18.0 Å². The minimum absolute atomic E-state index is 0.0634. The van der Waals surface area contributed by atoms with E-state index in [1.54, 1.807) is 6.92 Å². The maximum atomic E-state index is 12.6. The molecule has 0 aromatic heterocycles. The van der Waals surface area contributed by atoms with E-state index in [1.165, 1.54) is 0 Å². The van der Waals surface area contributed by atoms with Gasteiger partial charge in [-0.15, -0.1) is 0 Å². The van der Waals surface area contributed by atoms with Gasteiger partial charge in [-0.25, -0.2) is 4.79 Å². The van der Waals surface area contributed by atoms with Gasteiger partial charge in [0.05, 0.1) is 6.42 Å². The Balaban J connectivity index is 1.60. The van der Waals surface area contributed by atoms with Gasteiger partial charge in [-0.3, -0.25) is 9.59 Å². The molecule has 2 atom stereocenters. The molecule has 0 saturated carbocycles. The average Bonchev–Trinajstić information content (AvgIpc) is 3.09. The second-order valence-electron chi connectivity index (χ2n) is 8.02. The van der Waals surface area contributed by atoms with E-state index in [-0.39, 0.29) is 18.9 Å². The van der Waals surface area contributed by atoms with Crippen molar-refractivity contribution in [3.63, 3.8) is 0 Å². The van der Waals surface area contributed by atoms with Crippen molar-refractivity contribution in [2.75, 3.05) is 6.61 Å². The molecule has 170 valence electrons. The fourth-order valence-corrected chi connectivity index (χ4v) is 4.22. The van der Waals surface area contributed by atoms with Crippen molar-refractivity contribution in [2.24, 2.45) is 0 Å². The smallest absolute Gasteiger partial charge is 0.407 e. The molecule has 2 aromatic rings. The first-order chi connectivity index (χ1) is 15.4. The van der Waals surface area contributed by atoms with Gasteiger partial charge in [0, 0.05) is 12.0 Å². The summed E-state index contributed by atoms with van der Waals surface area (Å²) < 4.78 is 5.52. The number of aliphatic carboxylic acids is 1. The number of rotatable bonds is 10. The molecule has 2 amide bonds. The quantitative estimate of drug-likeness (QED) is 0.519. The van der Waals surface area contributed by atoms with Gasteiger partial charge in [-0.1, -0.05) is 68.8 Å². The Morgan fingerprint density at radius 3 is 2.09 bits per heavy atom. The molecule has 0 fully saturated rings. The lowest BCUT2D eigenvalue weighted by molar-refractivity contribution is -0.137. The summed E-state index contributed by atoms with van der Waals surface area (Å²) in [6.45, 7) is 3.86. The Hall–Kier alpha value is -3.35. The van der Waals surface area contributed by atoms with Crippen molar-refractivity contribution in [1.82, 2.24) is 10.6 Å². The summed E-state index contributed by atoms with van der Waals surface area (Å²) in [5.74, 6) is -1.44. The molecule has 0 saturated heterocycles. The maximum absolute atomic E-state index is 12.6. The fourth-order valence-electron chi connectivity index (χ4n) is 4.22. The maximum Gasteiger partial charge on any atom is 0.407 e. The van der Waals surface area contributed by atoms with E-state index in [0.29, 0.717) is 12.8 Å². The van der Waals surface area contributed by atoms with Gasteiger partial charge in [-0.2, -0.15) is 0 Å². The van der Waals surface area contributed by atoms with Crippen molar-refractivity contribution in [3.05, 3.63) is 59.7 Å². The Morgan fingerprint density at radius 2 is 1.56 bits per heavy atom. The van der Waals surface area contributed by atoms with Crippen LogP contribution in [0, 0.1) is 0 Å². The second kappa shape index (κ2) is 10.8. The number of carboxylic acids is 1. The standard InChI is InChI=1S/C25H30N2O5/c1-3-9-16(14-23(28)29)26-24(30)22(4-2)27-25(31)32-15-21-19-12-7-5-10-17(19)18-11-6-8-13-20(18)21/h5-8,10-13,16,21-22H,3-4,9,14-15H2,1-2H3,(H,26,30)(H,27,31)(H,28,29)/t16-,22?/m1/s1. The molecule has 1 aliphatic rings. The minimum atomic E-state index is -0.971. The number of carboxylic acid groups (broad SMARTS) is 1. The topological polar surface area (TPSA) is 105 Å². The highest BCUT2D eigenvalue weighted by atomic mass is 16.5. The number of alkyl carbamates (subject to hydrolysis) is 1. The highest BCUT2D eigenvalue weighted by molar-refractivity contribution is 5.86. The zero-order valence-corrected chi connectivity index (χ0v) is 18.5. The number of amides is 2. The van der Waals surface area contributed by atoms with Gasteiger partial charge < -0.3 is 20.5 Å². The highest BCUT2D eigenvalue weighted by Crippen LogP contribution is 2.44. The zero-order valence-electron chi connectivity index (χ0n) is 18.5. The molecule has 0 bridgehead atoms. The predicted molar refractivity (Wildman–Crippen MR) is 121 cm³/mol.